The minimum atomic E-state index is 0.559. The van der Waals surface area contributed by atoms with Crippen molar-refractivity contribution in [2.45, 2.75) is 13.5 Å². The third-order valence-electron chi connectivity index (χ3n) is 1.46. The first-order chi connectivity index (χ1) is 6.36. The van der Waals surface area contributed by atoms with Crippen molar-refractivity contribution in [3.8, 4) is 0 Å². The van der Waals surface area contributed by atoms with Gasteiger partial charge < -0.3 is 5.32 Å². The maximum atomic E-state index is 5.23. The Labute approximate surface area is 76.6 Å². The van der Waals surface area contributed by atoms with Crippen LogP contribution >= 0.6 is 0 Å². The van der Waals surface area contributed by atoms with Crippen LogP contribution in [-0.2, 0) is 6.54 Å². The van der Waals surface area contributed by atoms with Gasteiger partial charge in [0.15, 0.2) is 0 Å². The van der Waals surface area contributed by atoms with Gasteiger partial charge >= 0.3 is 0 Å². The summed E-state index contributed by atoms with van der Waals surface area (Å²) in [4.78, 5) is 4.18. The summed E-state index contributed by atoms with van der Waals surface area (Å²) >= 11 is 0. The molecule has 0 amide bonds. The number of rotatable bonds is 3. The van der Waals surface area contributed by atoms with Crippen LogP contribution in [-0.4, -0.2) is 22.7 Å². The van der Waals surface area contributed by atoms with Crippen molar-refractivity contribution in [3.05, 3.63) is 18.0 Å². The largest absolute Gasteiger partial charge is 0.356 e. The van der Waals surface area contributed by atoms with Gasteiger partial charge in [0.05, 0.1) is 12.7 Å². The topological polar surface area (TPSA) is 91.1 Å². The van der Waals surface area contributed by atoms with Crippen molar-refractivity contribution in [2.24, 2.45) is 10.8 Å². The molecule has 1 rings (SSSR count). The van der Waals surface area contributed by atoms with Gasteiger partial charge in [0.2, 0.25) is 5.96 Å². The quantitative estimate of drug-likeness (QED) is 0.216. The molecule has 0 saturated heterocycles. The first kappa shape index (κ1) is 9.53. The molecule has 1 aromatic heterocycles. The maximum Gasteiger partial charge on any atom is 0.206 e. The Morgan fingerprint density at radius 1 is 1.77 bits per heavy atom. The number of nitrogens with two attached hydrogens (primary N) is 1. The van der Waals surface area contributed by atoms with E-state index >= 15 is 0 Å². The van der Waals surface area contributed by atoms with Gasteiger partial charge in [-0.1, -0.05) is 0 Å². The van der Waals surface area contributed by atoms with Crippen LogP contribution in [0.1, 0.15) is 12.5 Å². The Morgan fingerprint density at radius 3 is 3.15 bits per heavy atom. The summed E-state index contributed by atoms with van der Waals surface area (Å²) in [5.74, 6) is 5.82. The molecule has 6 heteroatoms. The van der Waals surface area contributed by atoms with E-state index in [0.29, 0.717) is 12.5 Å². The van der Waals surface area contributed by atoms with Gasteiger partial charge in [-0.3, -0.25) is 10.5 Å². The van der Waals surface area contributed by atoms with Gasteiger partial charge in [0.1, 0.15) is 0 Å². The van der Waals surface area contributed by atoms with Crippen LogP contribution in [0.25, 0.3) is 0 Å². The van der Waals surface area contributed by atoms with E-state index in [1.165, 1.54) is 0 Å². The first-order valence-corrected chi connectivity index (χ1v) is 4.09. The zero-order valence-electron chi connectivity index (χ0n) is 7.54. The SMILES string of the molecule is CCNC(=NCc1cn[nH]c1)NN. The van der Waals surface area contributed by atoms with Gasteiger partial charge in [0, 0.05) is 18.3 Å². The molecule has 13 heavy (non-hydrogen) atoms. The highest BCUT2D eigenvalue weighted by atomic mass is 15.3. The normalized spacial score (nSPS) is 11.4. The fourth-order valence-electron chi connectivity index (χ4n) is 0.854. The van der Waals surface area contributed by atoms with E-state index in [1.807, 2.05) is 6.92 Å². The number of hydrazine groups is 1. The van der Waals surface area contributed by atoms with Crippen molar-refractivity contribution in [1.29, 1.82) is 0 Å². The summed E-state index contributed by atoms with van der Waals surface area (Å²) in [6, 6.07) is 0. The van der Waals surface area contributed by atoms with Crippen LogP contribution < -0.4 is 16.6 Å². The molecule has 72 valence electrons. The third kappa shape index (κ3) is 3.12. The van der Waals surface area contributed by atoms with Crippen molar-refractivity contribution < 1.29 is 0 Å². The second-order valence-corrected chi connectivity index (χ2v) is 2.45. The maximum absolute atomic E-state index is 5.23. The second-order valence-electron chi connectivity index (χ2n) is 2.45. The highest BCUT2D eigenvalue weighted by molar-refractivity contribution is 5.79. The zero-order valence-corrected chi connectivity index (χ0v) is 7.54. The lowest BCUT2D eigenvalue weighted by molar-refractivity contribution is 0.852. The molecule has 0 atom stereocenters. The number of aromatic nitrogens is 2. The molecule has 0 bridgehead atoms. The van der Waals surface area contributed by atoms with Gasteiger partial charge in [0.25, 0.3) is 0 Å². The van der Waals surface area contributed by atoms with E-state index in [0.717, 1.165) is 12.1 Å². The number of H-pyrrole nitrogens is 1. The molecule has 1 heterocycles. The van der Waals surface area contributed by atoms with Crippen LogP contribution in [0, 0.1) is 0 Å². The molecule has 0 aliphatic rings. The molecule has 0 spiro atoms. The number of aromatic amines is 1. The van der Waals surface area contributed by atoms with Crippen LogP contribution in [0.2, 0.25) is 0 Å². The molecule has 0 aliphatic heterocycles. The second kappa shape index (κ2) is 5.15. The molecular formula is C7H14N6. The van der Waals surface area contributed by atoms with Crippen molar-refractivity contribution in [2.75, 3.05) is 6.54 Å². The minimum Gasteiger partial charge on any atom is -0.356 e. The molecule has 0 fully saturated rings. The van der Waals surface area contributed by atoms with Crippen LogP contribution in [0.4, 0.5) is 0 Å². The Balaban J connectivity index is 2.45. The zero-order chi connectivity index (χ0) is 9.52. The van der Waals surface area contributed by atoms with E-state index in [-0.39, 0.29) is 0 Å². The molecule has 0 aromatic carbocycles. The lowest BCUT2D eigenvalue weighted by Crippen LogP contribution is -2.41. The molecule has 0 saturated carbocycles. The predicted octanol–water partition coefficient (Wildman–Crippen LogP) is -0.661. The average molecular weight is 182 g/mol. The van der Waals surface area contributed by atoms with E-state index in [2.05, 4.69) is 25.9 Å². The molecular weight excluding hydrogens is 168 g/mol. The molecule has 5 N–H and O–H groups in total. The summed E-state index contributed by atoms with van der Waals surface area (Å²) in [5.41, 5.74) is 3.49. The summed E-state index contributed by atoms with van der Waals surface area (Å²) in [6.45, 7) is 3.32. The fraction of sp³-hybridized carbons (Fsp3) is 0.429. The van der Waals surface area contributed by atoms with E-state index in [1.54, 1.807) is 12.4 Å². The van der Waals surface area contributed by atoms with Crippen LogP contribution in [0.5, 0.6) is 0 Å². The first-order valence-electron chi connectivity index (χ1n) is 4.09. The number of guanidine groups is 1. The highest BCUT2D eigenvalue weighted by Crippen LogP contribution is 1.94. The Hall–Kier alpha value is -1.56. The Bertz CT molecular complexity index is 252. The number of hydrogen-bond acceptors (Lipinski definition) is 3. The number of aliphatic imine (C=N–C) groups is 1. The molecule has 0 radical (unpaired) electrons. The predicted molar refractivity (Wildman–Crippen MR) is 50.7 cm³/mol. The molecule has 0 unspecified atom stereocenters. The van der Waals surface area contributed by atoms with Crippen molar-refractivity contribution >= 4 is 5.96 Å². The monoisotopic (exact) mass is 182 g/mol. The van der Waals surface area contributed by atoms with E-state index in [4.69, 9.17) is 5.84 Å². The van der Waals surface area contributed by atoms with E-state index in [9.17, 15) is 0 Å². The summed E-state index contributed by atoms with van der Waals surface area (Å²) in [5, 5.41) is 9.50. The van der Waals surface area contributed by atoms with Gasteiger partial charge in [-0.25, -0.2) is 10.8 Å². The lowest BCUT2D eigenvalue weighted by Gasteiger charge is -2.05. The Kier molecular flexibility index (Phi) is 3.77. The molecule has 1 aromatic rings. The number of nitrogens with one attached hydrogen (secondary N) is 3. The minimum absolute atomic E-state index is 0.559. The summed E-state index contributed by atoms with van der Waals surface area (Å²) < 4.78 is 0. The smallest absolute Gasteiger partial charge is 0.206 e. The summed E-state index contributed by atoms with van der Waals surface area (Å²) in [7, 11) is 0. The summed E-state index contributed by atoms with van der Waals surface area (Å²) in [6.07, 6.45) is 3.52. The van der Waals surface area contributed by atoms with Gasteiger partial charge in [-0.2, -0.15) is 5.10 Å². The van der Waals surface area contributed by atoms with Gasteiger partial charge in [-0.05, 0) is 6.92 Å². The van der Waals surface area contributed by atoms with Crippen LogP contribution in [0.15, 0.2) is 17.4 Å². The molecule has 0 aliphatic carbocycles. The Morgan fingerprint density at radius 2 is 2.62 bits per heavy atom. The average Bonchev–Trinajstić information content (AvgIpc) is 2.64. The van der Waals surface area contributed by atoms with Gasteiger partial charge in [-0.15, -0.1) is 0 Å². The molecule has 6 nitrogen and oxygen atoms in total. The van der Waals surface area contributed by atoms with Crippen LogP contribution in [0.3, 0.4) is 0 Å². The fourth-order valence-corrected chi connectivity index (χ4v) is 0.854. The number of nitrogens with zero attached hydrogens (tertiary/aromatic N) is 2. The van der Waals surface area contributed by atoms with E-state index < -0.39 is 0 Å². The standard InChI is InChI=1S/C7H14N6/c1-2-9-7(13-8)10-3-6-4-11-12-5-6/h4-5H,2-3,8H2,1H3,(H,11,12)(H2,9,10,13). The van der Waals surface area contributed by atoms with Crippen molar-refractivity contribution in [1.82, 2.24) is 20.9 Å². The third-order valence-corrected chi connectivity index (χ3v) is 1.46. The lowest BCUT2D eigenvalue weighted by atomic mass is 10.4. The number of hydrogen-bond donors (Lipinski definition) is 4. The highest BCUT2D eigenvalue weighted by Gasteiger charge is 1.94. The van der Waals surface area contributed by atoms with Crippen molar-refractivity contribution in [3.63, 3.8) is 0 Å².